The zero-order chi connectivity index (χ0) is 16.4. The fourth-order valence-corrected chi connectivity index (χ4v) is 3.07. The van der Waals surface area contributed by atoms with E-state index in [1.54, 1.807) is 23.1 Å². The van der Waals surface area contributed by atoms with Gasteiger partial charge in [0, 0.05) is 19.0 Å². The molecular formula is C19H21NO3. The molecule has 0 bridgehead atoms. The Labute approximate surface area is 136 Å². The highest BCUT2D eigenvalue weighted by Gasteiger charge is 2.34. The van der Waals surface area contributed by atoms with Crippen LogP contribution in [0.1, 0.15) is 25.0 Å². The van der Waals surface area contributed by atoms with Gasteiger partial charge in [-0.05, 0) is 36.6 Å². The molecule has 23 heavy (non-hydrogen) atoms. The second kappa shape index (κ2) is 6.32. The maximum absolute atomic E-state index is 12.7. The van der Waals surface area contributed by atoms with Crippen molar-refractivity contribution in [2.24, 2.45) is 0 Å². The molecule has 1 unspecified atom stereocenters. The number of nitrogens with zero attached hydrogens (tertiary/aromatic N) is 1. The molecule has 1 heterocycles. The first-order chi connectivity index (χ1) is 11.1. The van der Waals surface area contributed by atoms with E-state index in [9.17, 15) is 9.90 Å². The van der Waals surface area contributed by atoms with E-state index in [2.05, 4.69) is 13.0 Å². The Hall–Kier alpha value is -2.49. The molecule has 2 aromatic carbocycles. The number of aromatic hydroxyl groups is 1. The Morgan fingerprint density at radius 1 is 1.13 bits per heavy atom. The Kier molecular flexibility index (Phi) is 4.24. The average Bonchev–Trinajstić information content (AvgIpc) is 2.56. The number of phenolic OH excluding ortho intramolecular Hbond substituents is 1. The molecule has 0 fully saturated rings. The minimum atomic E-state index is -0.558. The number of hydrogen-bond donors (Lipinski definition) is 1. The second-order valence-corrected chi connectivity index (χ2v) is 5.67. The molecule has 0 aliphatic carbocycles. The van der Waals surface area contributed by atoms with Gasteiger partial charge in [0.15, 0.2) is 6.10 Å². The maximum atomic E-state index is 12.7. The molecule has 0 saturated carbocycles. The molecule has 0 radical (unpaired) electrons. The van der Waals surface area contributed by atoms with Gasteiger partial charge in [0.25, 0.3) is 5.91 Å². The summed E-state index contributed by atoms with van der Waals surface area (Å²) in [5.74, 6) is 0.670. The van der Waals surface area contributed by atoms with Crippen LogP contribution < -0.4 is 9.64 Å². The van der Waals surface area contributed by atoms with Crippen molar-refractivity contribution in [3.8, 4) is 11.5 Å². The molecule has 1 N–H and O–H groups in total. The van der Waals surface area contributed by atoms with Crippen molar-refractivity contribution >= 4 is 11.6 Å². The Bertz CT molecular complexity index is 726. The summed E-state index contributed by atoms with van der Waals surface area (Å²) in [7, 11) is 0. The molecule has 4 heteroatoms. The number of likely N-dealkylation sites (N-methyl/N-ethyl adjacent to an activating group) is 1. The van der Waals surface area contributed by atoms with Crippen LogP contribution in [0.4, 0.5) is 5.69 Å². The number of hydrogen-bond acceptors (Lipinski definition) is 3. The zero-order valence-corrected chi connectivity index (χ0v) is 13.5. The summed E-state index contributed by atoms with van der Waals surface area (Å²) in [5.41, 5.74) is 3.08. The van der Waals surface area contributed by atoms with Gasteiger partial charge >= 0.3 is 0 Å². The van der Waals surface area contributed by atoms with Gasteiger partial charge in [-0.3, -0.25) is 4.79 Å². The summed E-state index contributed by atoms with van der Waals surface area (Å²) < 4.78 is 5.91. The second-order valence-electron chi connectivity index (χ2n) is 5.67. The molecule has 120 valence electrons. The molecule has 1 amide bonds. The van der Waals surface area contributed by atoms with Crippen LogP contribution in [0.3, 0.4) is 0 Å². The number of phenols is 1. The van der Waals surface area contributed by atoms with Gasteiger partial charge in [0.1, 0.15) is 11.5 Å². The number of benzene rings is 2. The van der Waals surface area contributed by atoms with Gasteiger partial charge < -0.3 is 14.7 Å². The summed E-state index contributed by atoms with van der Waals surface area (Å²) >= 11 is 0. The van der Waals surface area contributed by atoms with E-state index >= 15 is 0 Å². The lowest BCUT2D eigenvalue weighted by atomic mass is 9.98. The number of amides is 1. The van der Waals surface area contributed by atoms with E-state index in [0.29, 0.717) is 18.7 Å². The molecule has 0 spiro atoms. The first-order valence-corrected chi connectivity index (χ1v) is 8.01. The monoisotopic (exact) mass is 311 g/mol. The molecule has 2 aromatic rings. The highest BCUT2D eigenvalue weighted by molar-refractivity contribution is 6.00. The smallest absolute Gasteiger partial charge is 0.268 e. The maximum Gasteiger partial charge on any atom is 0.268 e. The fraction of sp³-hybridized carbons (Fsp3) is 0.316. The Morgan fingerprint density at radius 3 is 2.57 bits per heavy atom. The highest BCUT2D eigenvalue weighted by atomic mass is 16.5. The van der Waals surface area contributed by atoms with Crippen molar-refractivity contribution in [2.75, 3.05) is 11.4 Å². The lowest BCUT2D eigenvalue weighted by Crippen LogP contribution is -2.46. The van der Waals surface area contributed by atoms with Crippen molar-refractivity contribution in [1.29, 1.82) is 0 Å². The summed E-state index contributed by atoms with van der Waals surface area (Å²) in [4.78, 5) is 14.5. The van der Waals surface area contributed by atoms with Gasteiger partial charge in [-0.2, -0.15) is 0 Å². The van der Waals surface area contributed by atoms with Crippen molar-refractivity contribution in [2.45, 2.75) is 32.8 Å². The minimum Gasteiger partial charge on any atom is -0.508 e. The van der Waals surface area contributed by atoms with Crippen molar-refractivity contribution in [3.63, 3.8) is 0 Å². The third kappa shape index (κ3) is 2.89. The molecule has 0 saturated heterocycles. The van der Waals surface area contributed by atoms with Crippen LogP contribution in [0.5, 0.6) is 11.5 Å². The predicted molar refractivity (Wildman–Crippen MR) is 90.1 cm³/mol. The Morgan fingerprint density at radius 2 is 1.87 bits per heavy atom. The zero-order valence-electron chi connectivity index (χ0n) is 13.5. The average molecular weight is 311 g/mol. The molecule has 0 aromatic heterocycles. The fourth-order valence-electron chi connectivity index (χ4n) is 3.07. The van der Waals surface area contributed by atoms with Crippen LogP contribution in [-0.4, -0.2) is 23.7 Å². The van der Waals surface area contributed by atoms with Gasteiger partial charge in [0.05, 0.1) is 5.69 Å². The summed E-state index contributed by atoms with van der Waals surface area (Å²) in [6.07, 6.45) is 0.900. The molecule has 4 nitrogen and oxygen atoms in total. The minimum absolute atomic E-state index is 0.0309. The first-order valence-electron chi connectivity index (χ1n) is 8.01. The van der Waals surface area contributed by atoms with Crippen LogP contribution in [0.2, 0.25) is 0 Å². The first kappa shape index (κ1) is 15.4. The largest absolute Gasteiger partial charge is 0.508 e. The van der Waals surface area contributed by atoms with Crippen molar-refractivity contribution in [3.05, 3.63) is 53.6 Å². The standard InChI is InChI=1S/C19H21NO3/c1-3-13-7-5-6-8-14(13)11-18-19(22)20(4-2)16-10-9-15(21)12-17(16)23-18/h5-10,12,18,21H,3-4,11H2,1-2H3. The van der Waals surface area contributed by atoms with Gasteiger partial charge in [0.2, 0.25) is 0 Å². The number of ether oxygens (including phenoxy) is 1. The molecular weight excluding hydrogens is 290 g/mol. The molecule has 1 aliphatic rings. The molecule has 1 atom stereocenters. The van der Waals surface area contributed by atoms with Gasteiger partial charge in [-0.1, -0.05) is 31.2 Å². The van der Waals surface area contributed by atoms with Crippen LogP contribution in [0.25, 0.3) is 0 Å². The Balaban J connectivity index is 1.93. The predicted octanol–water partition coefficient (Wildman–Crippen LogP) is 3.31. The number of aryl methyl sites for hydroxylation is 1. The quantitative estimate of drug-likeness (QED) is 0.942. The normalized spacial score (nSPS) is 16.9. The van der Waals surface area contributed by atoms with Crippen LogP contribution in [0, 0.1) is 0 Å². The van der Waals surface area contributed by atoms with E-state index in [-0.39, 0.29) is 11.7 Å². The summed E-state index contributed by atoms with van der Waals surface area (Å²) in [6, 6.07) is 13.0. The van der Waals surface area contributed by atoms with Crippen LogP contribution in [0.15, 0.2) is 42.5 Å². The number of anilines is 1. The van der Waals surface area contributed by atoms with Gasteiger partial charge in [-0.25, -0.2) is 0 Å². The molecule has 1 aliphatic heterocycles. The third-order valence-electron chi connectivity index (χ3n) is 4.27. The summed E-state index contributed by atoms with van der Waals surface area (Å²) in [6.45, 7) is 4.62. The summed E-state index contributed by atoms with van der Waals surface area (Å²) in [5, 5.41) is 9.69. The SMILES string of the molecule is CCc1ccccc1CC1Oc2cc(O)ccc2N(CC)C1=O. The van der Waals surface area contributed by atoms with Crippen molar-refractivity contribution < 1.29 is 14.6 Å². The number of carbonyl (C=O) groups is 1. The number of fused-ring (bicyclic) bond motifs is 1. The van der Waals surface area contributed by atoms with E-state index in [1.807, 2.05) is 25.1 Å². The topological polar surface area (TPSA) is 49.8 Å². The molecule has 3 rings (SSSR count). The lowest BCUT2D eigenvalue weighted by molar-refractivity contribution is -0.126. The third-order valence-corrected chi connectivity index (χ3v) is 4.27. The lowest BCUT2D eigenvalue weighted by Gasteiger charge is -2.34. The number of carbonyl (C=O) groups excluding carboxylic acids is 1. The highest BCUT2D eigenvalue weighted by Crippen LogP contribution is 2.37. The van der Waals surface area contributed by atoms with E-state index in [4.69, 9.17) is 4.74 Å². The van der Waals surface area contributed by atoms with E-state index in [0.717, 1.165) is 17.7 Å². The van der Waals surface area contributed by atoms with Crippen molar-refractivity contribution in [1.82, 2.24) is 0 Å². The van der Waals surface area contributed by atoms with Gasteiger partial charge in [-0.15, -0.1) is 0 Å². The van der Waals surface area contributed by atoms with Crippen LogP contribution in [-0.2, 0) is 17.6 Å². The number of rotatable bonds is 4. The van der Waals surface area contributed by atoms with E-state index < -0.39 is 6.10 Å². The van der Waals surface area contributed by atoms with E-state index in [1.165, 1.54) is 5.56 Å². The van der Waals surface area contributed by atoms with Crippen LogP contribution >= 0.6 is 0 Å².